The Morgan fingerprint density at radius 1 is 1.00 bits per heavy atom. The molecule has 0 aliphatic carbocycles. The largest absolute Gasteiger partial charge is 0.383 e. The second-order valence-corrected chi connectivity index (χ2v) is 10.3. The number of ether oxygens (including phenoxy) is 1. The van der Waals surface area contributed by atoms with Gasteiger partial charge >= 0.3 is 0 Å². The summed E-state index contributed by atoms with van der Waals surface area (Å²) in [6.07, 6.45) is 5.34. The van der Waals surface area contributed by atoms with E-state index in [0.717, 1.165) is 17.8 Å². The SMILES string of the molecule is COCCN(CC(=O)N(Cc1cccn1Cc1cccc(C)c1)C(C)(C)C)C(=O)/C=C/c1ccccc1. The van der Waals surface area contributed by atoms with Crippen molar-refractivity contribution in [3.63, 3.8) is 0 Å². The minimum Gasteiger partial charge on any atom is -0.383 e. The lowest BCUT2D eigenvalue weighted by molar-refractivity contribution is -0.142. The van der Waals surface area contributed by atoms with Crippen molar-refractivity contribution in [1.29, 1.82) is 0 Å². The van der Waals surface area contributed by atoms with E-state index in [4.69, 9.17) is 4.74 Å². The molecule has 2 aromatic carbocycles. The fraction of sp³-hybridized carbons (Fsp3) is 0.355. The number of hydrogen-bond donors (Lipinski definition) is 0. The van der Waals surface area contributed by atoms with Crippen LogP contribution in [0.25, 0.3) is 6.08 Å². The zero-order valence-corrected chi connectivity index (χ0v) is 22.7. The van der Waals surface area contributed by atoms with Gasteiger partial charge in [-0.15, -0.1) is 0 Å². The van der Waals surface area contributed by atoms with Crippen LogP contribution in [0.5, 0.6) is 0 Å². The third-order valence-electron chi connectivity index (χ3n) is 6.21. The molecule has 0 aliphatic rings. The van der Waals surface area contributed by atoms with Gasteiger partial charge in [-0.3, -0.25) is 9.59 Å². The Morgan fingerprint density at radius 2 is 1.76 bits per heavy atom. The molecule has 0 atom stereocenters. The van der Waals surface area contributed by atoms with Crippen molar-refractivity contribution in [3.8, 4) is 0 Å². The van der Waals surface area contributed by atoms with E-state index in [1.54, 1.807) is 18.1 Å². The number of carbonyl (C=O) groups is 2. The van der Waals surface area contributed by atoms with E-state index in [1.165, 1.54) is 17.2 Å². The van der Waals surface area contributed by atoms with Gasteiger partial charge in [0.05, 0.1) is 13.2 Å². The Labute approximate surface area is 221 Å². The predicted molar refractivity (Wildman–Crippen MR) is 149 cm³/mol. The van der Waals surface area contributed by atoms with Crippen molar-refractivity contribution in [2.75, 3.05) is 26.8 Å². The van der Waals surface area contributed by atoms with Crippen molar-refractivity contribution in [2.45, 2.75) is 46.3 Å². The Bertz CT molecular complexity index is 1190. The highest BCUT2D eigenvalue weighted by atomic mass is 16.5. The van der Waals surface area contributed by atoms with Crippen LogP contribution < -0.4 is 0 Å². The first-order valence-electron chi connectivity index (χ1n) is 12.7. The van der Waals surface area contributed by atoms with E-state index in [0.29, 0.717) is 19.7 Å². The van der Waals surface area contributed by atoms with Gasteiger partial charge in [-0.05, 0) is 57.0 Å². The van der Waals surface area contributed by atoms with Gasteiger partial charge in [-0.2, -0.15) is 0 Å². The lowest BCUT2D eigenvalue weighted by atomic mass is 10.1. The minimum absolute atomic E-state index is 0.0167. The molecule has 0 aliphatic heterocycles. The Hall–Kier alpha value is -3.64. The topological polar surface area (TPSA) is 54.8 Å². The quantitative estimate of drug-likeness (QED) is 0.341. The molecule has 6 nitrogen and oxygen atoms in total. The first-order chi connectivity index (χ1) is 17.7. The maximum Gasteiger partial charge on any atom is 0.247 e. The third kappa shape index (κ3) is 8.46. The maximum atomic E-state index is 13.6. The zero-order valence-electron chi connectivity index (χ0n) is 22.7. The summed E-state index contributed by atoms with van der Waals surface area (Å²) < 4.78 is 7.39. The van der Waals surface area contributed by atoms with Gasteiger partial charge in [-0.1, -0.05) is 60.2 Å². The highest BCUT2D eigenvalue weighted by molar-refractivity contribution is 5.94. The molecule has 37 heavy (non-hydrogen) atoms. The van der Waals surface area contributed by atoms with Crippen LogP contribution in [0.2, 0.25) is 0 Å². The molecule has 6 heteroatoms. The molecule has 0 saturated heterocycles. The van der Waals surface area contributed by atoms with E-state index in [-0.39, 0.29) is 18.4 Å². The molecule has 3 aromatic rings. The monoisotopic (exact) mass is 501 g/mol. The predicted octanol–water partition coefficient (Wildman–Crippen LogP) is 5.16. The van der Waals surface area contributed by atoms with Gasteiger partial charge < -0.3 is 19.1 Å². The molecule has 2 amide bonds. The average Bonchev–Trinajstić information content (AvgIpc) is 3.29. The second-order valence-electron chi connectivity index (χ2n) is 10.3. The molecule has 3 rings (SSSR count). The highest BCUT2D eigenvalue weighted by Gasteiger charge is 2.29. The molecule has 196 valence electrons. The molecule has 0 spiro atoms. The first-order valence-corrected chi connectivity index (χ1v) is 12.7. The molecule has 0 saturated carbocycles. The molecular weight excluding hydrogens is 462 g/mol. The van der Waals surface area contributed by atoms with E-state index >= 15 is 0 Å². The fourth-order valence-corrected chi connectivity index (χ4v) is 4.17. The molecule has 0 radical (unpaired) electrons. The number of benzene rings is 2. The van der Waals surface area contributed by atoms with Crippen LogP contribution in [0.15, 0.2) is 79.0 Å². The second kappa shape index (κ2) is 13.1. The summed E-state index contributed by atoms with van der Waals surface area (Å²) in [5.41, 5.74) is 3.99. The molecule has 0 N–H and O–H groups in total. The number of aromatic nitrogens is 1. The molecule has 0 unspecified atom stereocenters. The summed E-state index contributed by atoms with van der Waals surface area (Å²) in [6, 6.07) is 22.2. The number of rotatable bonds is 11. The van der Waals surface area contributed by atoms with Crippen LogP contribution in [0, 0.1) is 6.92 Å². The van der Waals surface area contributed by atoms with Gasteiger partial charge in [0.1, 0.15) is 6.54 Å². The fourth-order valence-electron chi connectivity index (χ4n) is 4.17. The van der Waals surface area contributed by atoms with Gasteiger partial charge in [0, 0.05) is 43.7 Å². The first kappa shape index (κ1) is 27.9. The van der Waals surface area contributed by atoms with Crippen LogP contribution in [0.3, 0.4) is 0 Å². The normalized spacial score (nSPS) is 11.6. The summed E-state index contributed by atoms with van der Waals surface area (Å²) in [4.78, 5) is 30.1. The lowest BCUT2D eigenvalue weighted by Gasteiger charge is -2.37. The van der Waals surface area contributed by atoms with Crippen molar-refractivity contribution in [3.05, 3.63) is 101 Å². The lowest BCUT2D eigenvalue weighted by Crippen LogP contribution is -2.50. The average molecular weight is 502 g/mol. The molecular formula is C31H39N3O3. The number of carbonyl (C=O) groups excluding carboxylic acids is 2. The van der Waals surface area contributed by atoms with Crippen LogP contribution >= 0.6 is 0 Å². The van der Waals surface area contributed by atoms with Crippen LogP contribution in [-0.4, -0.2) is 58.5 Å². The van der Waals surface area contributed by atoms with Crippen LogP contribution in [0.1, 0.15) is 43.2 Å². The van der Waals surface area contributed by atoms with Crippen LogP contribution in [-0.2, 0) is 27.4 Å². The van der Waals surface area contributed by atoms with Gasteiger partial charge in [0.25, 0.3) is 0 Å². The van der Waals surface area contributed by atoms with Crippen molar-refractivity contribution >= 4 is 17.9 Å². The van der Waals surface area contributed by atoms with Crippen molar-refractivity contribution in [1.82, 2.24) is 14.4 Å². The van der Waals surface area contributed by atoms with E-state index in [2.05, 4.69) is 41.8 Å². The number of hydrogen-bond acceptors (Lipinski definition) is 3. The standard InChI is InChI=1S/C31H39N3O3/c1-25-11-9-14-27(21-25)22-32-18-10-15-28(32)23-34(31(2,3)4)30(36)24-33(19-20-37-5)29(35)17-16-26-12-7-6-8-13-26/h6-18,21H,19-20,22-24H2,1-5H3/b17-16+. The smallest absolute Gasteiger partial charge is 0.247 e. The van der Waals surface area contributed by atoms with Crippen LogP contribution in [0.4, 0.5) is 0 Å². The van der Waals surface area contributed by atoms with Crippen molar-refractivity contribution < 1.29 is 14.3 Å². The summed E-state index contributed by atoms with van der Waals surface area (Å²) in [7, 11) is 1.59. The summed E-state index contributed by atoms with van der Waals surface area (Å²) in [5, 5.41) is 0. The summed E-state index contributed by atoms with van der Waals surface area (Å²) in [6.45, 7) is 10.0. The molecule has 0 bridgehead atoms. The number of aryl methyl sites for hydroxylation is 1. The van der Waals surface area contributed by atoms with E-state index in [1.807, 2.05) is 68.3 Å². The van der Waals surface area contributed by atoms with Gasteiger partial charge in [-0.25, -0.2) is 0 Å². The number of nitrogens with zero attached hydrogens (tertiary/aromatic N) is 3. The van der Waals surface area contributed by atoms with E-state index < -0.39 is 5.54 Å². The van der Waals surface area contributed by atoms with E-state index in [9.17, 15) is 9.59 Å². The maximum absolute atomic E-state index is 13.6. The molecule has 1 heterocycles. The Kier molecular flexibility index (Phi) is 9.86. The number of amides is 2. The molecule has 1 aromatic heterocycles. The van der Waals surface area contributed by atoms with Crippen molar-refractivity contribution in [2.24, 2.45) is 0 Å². The third-order valence-corrected chi connectivity index (χ3v) is 6.21. The zero-order chi connectivity index (χ0) is 26.8. The van der Waals surface area contributed by atoms with Gasteiger partial charge in [0.15, 0.2) is 0 Å². The minimum atomic E-state index is -0.425. The Morgan fingerprint density at radius 3 is 2.43 bits per heavy atom. The highest BCUT2D eigenvalue weighted by Crippen LogP contribution is 2.20. The summed E-state index contributed by atoms with van der Waals surface area (Å²) in [5.74, 6) is -0.320. The Balaban J connectivity index is 1.76. The summed E-state index contributed by atoms with van der Waals surface area (Å²) >= 11 is 0. The number of methoxy groups -OCH3 is 1. The van der Waals surface area contributed by atoms with Gasteiger partial charge in [0.2, 0.25) is 11.8 Å². The molecule has 0 fully saturated rings.